The normalized spacial score (nSPS) is 11.7. The summed E-state index contributed by atoms with van der Waals surface area (Å²) < 4.78 is 5.86. The van der Waals surface area contributed by atoms with Gasteiger partial charge in [0.2, 0.25) is 0 Å². The highest BCUT2D eigenvalue weighted by molar-refractivity contribution is 9.10. The average molecular weight is 274 g/mol. The Balaban J connectivity index is 2.46. The fraction of sp³-hybridized carbons (Fsp3) is 0.600. The molecule has 1 rings (SSSR count). The molecule has 0 spiro atoms. The third-order valence-corrected chi connectivity index (χ3v) is 2.36. The molecule has 1 heterocycles. The number of nitrogens with one attached hydrogen (secondary N) is 1. The van der Waals surface area contributed by atoms with Gasteiger partial charge in [0.05, 0.1) is 12.3 Å². The van der Waals surface area contributed by atoms with E-state index in [1.54, 1.807) is 7.11 Å². The lowest BCUT2D eigenvalue weighted by molar-refractivity contribution is 0.127. The number of rotatable bonds is 5. The van der Waals surface area contributed by atoms with Crippen molar-refractivity contribution in [1.29, 1.82) is 0 Å². The summed E-state index contributed by atoms with van der Waals surface area (Å²) in [5.74, 6) is 0. The molecule has 0 aliphatic carbocycles. The first-order chi connectivity index (χ1) is 7.03. The van der Waals surface area contributed by atoms with Crippen LogP contribution in [-0.4, -0.2) is 29.5 Å². The second-order valence-corrected chi connectivity index (χ2v) is 4.83. The minimum Gasteiger partial charge on any atom is -0.383 e. The predicted octanol–water partition coefficient (Wildman–Crippen LogP) is 1.75. The van der Waals surface area contributed by atoms with Crippen molar-refractivity contribution in [3.05, 3.63) is 22.4 Å². The van der Waals surface area contributed by atoms with Crippen LogP contribution in [0.2, 0.25) is 0 Å². The summed E-state index contributed by atoms with van der Waals surface area (Å²) in [5.41, 5.74) is 0.867. The van der Waals surface area contributed by atoms with Crippen LogP contribution in [-0.2, 0) is 11.3 Å². The van der Waals surface area contributed by atoms with Crippen LogP contribution < -0.4 is 5.32 Å². The van der Waals surface area contributed by atoms with Gasteiger partial charge < -0.3 is 10.1 Å². The van der Waals surface area contributed by atoms with E-state index in [4.69, 9.17) is 4.74 Å². The Morgan fingerprint density at radius 3 is 2.67 bits per heavy atom. The molecular weight excluding hydrogens is 258 g/mol. The average Bonchev–Trinajstić information content (AvgIpc) is 2.17. The van der Waals surface area contributed by atoms with Gasteiger partial charge >= 0.3 is 0 Å². The molecule has 0 aliphatic rings. The quantitative estimate of drug-likeness (QED) is 0.888. The van der Waals surface area contributed by atoms with E-state index in [2.05, 4.69) is 45.3 Å². The zero-order chi connectivity index (χ0) is 11.3. The molecule has 1 aromatic heterocycles. The lowest BCUT2D eigenvalue weighted by atomic mass is 10.1. The van der Waals surface area contributed by atoms with Crippen molar-refractivity contribution in [2.45, 2.75) is 25.9 Å². The lowest BCUT2D eigenvalue weighted by Crippen LogP contribution is -2.42. The molecule has 4 nitrogen and oxygen atoms in total. The Hall–Kier alpha value is -0.520. The van der Waals surface area contributed by atoms with E-state index in [1.807, 2.05) is 12.1 Å². The maximum atomic E-state index is 5.11. The number of aromatic nitrogens is 2. The maximum Gasteiger partial charge on any atom is 0.128 e. The second-order valence-electron chi connectivity index (χ2n) is 4.02. The van der Waals surface area contributed by atoms with Gasteiger partial charge in [-0.1, -0.05) is 0 Å². The molecule has 0 aromatic carbocycles. The van der Waals surface area contributed by atoms with Crippen molar-refractivity contribution in [2.24, 2.45) is 0 Å². The van der Waals surface area contributed by atoms with E-state index in [1.165, 1.54) is 0 Å². The largest absolute Gasteiger partial charge is 0.383 e. The fourth-order valence-electron chi connectivity index (χ4n) is 1.18. The molecule has 0 bridgehead atoms. The standard InChI is InChI=1S/C10H16BrN3O/c1-10(2,7-15-3)12-6-8-4-5-9(11)14-13-8/h4-5,12H,6-7H2,1-3H3. The first-order valence-electron chi connectivity index (χ1n) is 4.75. The van der Waals surface area contributed by atoms with Crippen molar-refractivity contribution < 1.29 is 4.74 Å². The fourth-order valence-corrected chi connectivity index (χ4v) is 1.39. The van der Waals surface area contributed by atoms with Gasteiger partial charge in [-0.15, -0.1) is 5.10 Å². The predicted molar refractivity (Wildman–Crippen MR) is 62.5 cm³/mol. The van der Waals surface area contributed by atoms with E-state index in [-0.39, 0.29) is 5.54 Å². The van der Waals surface area contributed by atoms with Crippen LogP contribution in [0, 0.1) is 0 Å². The number of ether oxygens (including phenoxy) is 1. The van der Waals surface area contributed by atoms with Gasteiger partial charge in [0.25, 0.3) is 0 Å². The highest BCUT2D eigenvalue weighted by Gasteiger charge is 2.16. The van der Waals surface area contributed by atoms with Crippen molar-refractivity contribution >= 4 is 15.9 Å². The molecule has 0 atom stereocenters. The molecule has 1 N–H and O–H groups in total. The van der Waals surface area contributed by atoms with Crippen LogP contribution in [0.25, 0.3) is 0 Å². The van der Waals surface area contributed by atoms with Crippen molar-refractivity contribution in [2.75, 3.05) is 13.7 Å². The summed E-state index contributed by atoms with van der Waals surface area (Å²) in [5, 5.41) is 11.3. The Bertz CT molecular complexity index is 300. The number of hydrogen-bond donors (Lipinski definition) is 1. The first kappa shape index (κ1) is 12.5. The number of nitrogens with zero attached hydrogens (tertiary/aromatic N) is 2. The summed E-state index contributed by atoms with van der Waals surface area (Å²) in [6, 6.07) is 3.82. The van der Waals surface area contributed by atoms with Gasteiger partial charge in [0.1, 0.15) is 4.60 Å². The summed E-state index contributed by atoms with van der Waals surface area (Å²) >= 11 is 3.25. The summed E-state index contributed by atoms with van der Waals surface area (Å²) in [4.78, 5) is 0. The van der Waals surface area contributed by atoms with Crippen molar-refractivity contribution in [3.8, 4) is 0 Å². The zero-order valence-electron chi connectivity index (χ0n) is 9.25. The molecule has 0 radical (unpaired) electrons. The molecule has 0 aliphatic heterocycles. The van der Waals surface area contributed by atoms with Crippen LogP contribution in [0.4, 0.5) is 0 Å². The van der Waals surface area contributed by atoms with E-state index >= 15 is 0 Å². The zero-order valence-corrected chi connectivity index (χ0v) is 10.8. The Morgan fingerprint density at radius 1 is 1.40 bits per heavy atom. The second kappa shape index (κ2) is 5.53. The molecule has 84 valence electrons. The number of halogens is 1. The molecule has 0 amide bonds. The lowest BCUT2D eigenvalue weighted by Gasteiger charge is -2.24. The van der Waals surface area contributed by atoms with Gasteiger partial charge in [-0.2, -0.15) is 5.10 Å². The third kappa shape index (κ3) is 4.68. The molecule has 0 unspecified atom stereocenters. The molecule has 0 saturated heterocycles. The molecule has 0 saturated carbocycles. The smallest absolute Gasteiger partial charge is 0.128 e. The Labute approximate surface area is 98.6 Å². The SMILES string of the molecule is COCC(C)(C)NCc1ccc(Br)nn1. The van der Waals surface area contributed by atoms with Gasteiger partial charge in [0.15, 0.2) is 0 Å². The van der Waals surface area contributed by atoms with Gasteiger partial charge in [-0.05, 0) is 41.9 Å². The van der Waals surface area contributed by atoms with E-state index in [0.717, 1.165) is 10.3 Å². The summed E-state index contributed by atoms with van der Waals surface area (Å²) in [6.45, 7) is 5.53. The minimum absolute atomic E-state index is 0.0521. The van der Waals surface area contributed by atoms with Crippen LogP contribution >= 0.6 is 15.9 Å². The van der Waals surface area contributed by atoms with E-state index < -0.39 is 0 Å². The van der Waals surface area contributed by atoms with Crippen LogP contribution in [0.3, 0.4) is 0 Å². The highest BCUT2D eigenvalue weighted by Crippen LogP contribution is 2.06. The molecule has 5 heteroatoms. The molecule has 1 aromatic rings. The molecular formula is C10H16BrN3O. The Kier molecular flexibility index (Phi) is 4.63. The number of hydrogen-bond acceptors (Lipinski definition) is 4. The van der Waals surface area contributed by atoms with E-state index in [9.17, 15) is 0 Å². The van der Waals surface area contributed by atoms with Crippen LogP contribution in [0.5, 0.6) is 0 Å². The van der Waals surface area contributed by atoms with Crippen molar-refractivity contribution in [3.63, 3.8) is 0 Å². The van der Waals surface area contributed by atoms with Gasteiger partial charge in [-0.3, -0.25) is 0 Å². The topological polar surface area (TPSA) is 47.0 Å². The first-order valence-corrected chi connectivity index (χ1v) is 5.55. The van der Waals surface area contributed by atoms with Gasteiger partial charge in [0, 0.05) is 19.2 Å². The van der Waals surface area contributed by atoms with Crippen molar-refractivity contribution in [1.82, 2.24) is 15.5 Å². The minimum atomic E-state index is -0.0521. The third-order valence-electron chi connectivity index (χ3n) is 1.94. The van der Waals surface area contributed by atoms with Crippen LogP contribution in [0.15, 0.2) is 16.7 Å². The number of methoxy groups -OCH3 is 1. The van der Waals surface area contributed by atoms with Gasteiger partial charge in [-0.25, -0.2) is 0 Å². The maximum absolute atomic E-state index is 5.11. The summed E-state index contributed by atoms with van der Waals surface area (Å²) in [7, 11) is 1.70. The van der Waals surface area contributed by atoms with Crippen LogP contribution in [0.1, 0.15) is 19.5 Å². The van der Waals surface area contributed by atoms with E-state index in [0.29, 0.717) is 13.2 Å². The molecule has 15 heavy (non-hydrogen) atoms. The highest BCUT2D eigenvalue weighted by atomic mass is 79.9. The monoisotopic (exact) mass is 273 g/mol. The summed E-state index contributed by atoms with van der Waals surface area (Å²) in [6.07, 6.45) is 0. The Morgan fingerprint density at radius 2 is 2.13 bits per heavy atom. The molecule has 0 fully saturated rings.